The molecule has 0 unspecified atom stereocenters. The number of ether oxygens (including phenoxy) is 1. The van der Waals surface area contributed by atoms with Crippen LogP contribution in [0.2, 0.25) is 0 Å². The fourth-order valence-corrected chi connectivity index (χ4v) is 8.16. The maximum absolute atomic E-state index is 6.79. The summed E-state index contributed by atoms with van der Waals surface area (Å²) in [6.07, 6.45) is 3.82. The van der Waals surface area contributed by atoms with Crippen molar-refractivity contribution in [1.29, 1.82) is 0 Å². The molecule has 0 radical (unpaired) electrons. The molecule has 4 aromatic heterocycles. The molecule has 0 fully saturated rings. The third-order valence-corrected chi connectivity index (χ3v) is 10.8. The second-order valence-electron chi connectivity index (χ2n) is 15.4. The third kappa shape index (κ3) is 5.01. The zero-order valence-corrected chi connectivity index (χ0v) is 31.0. The van der Waals surface area contributed by atoms with E-state index in [1.165, 1.54) is 43.9 Å². The van der Waals surface area contributed by atoms with Crippen LogP contribution in [0.4, 0.5) is 0 Å². The topological polar surface area (TPSA) is 49.8 Å². The molecule has 0 aliphatic rings. The smallest absolute Gasteiger partial charge is 0.139 e. The van der Waals surface area contributed by atoms with E-state index < -0.39 is 0 Å². The molecule has 6 aromatic carbocycles. The lowest BCUT2D eigenvalue weighted by molar-refractivity contribution is 0.479. The molecule has 10 rings (SSSR count). The number of aromatic nitrogens is 5. The number of imidazole rings is 1. The average molecular weight is 702 g/mol. The first kappa shape index (κ1) is 32.0. The Morgan fingerprint density at radius 1 is 0.519 bits per heavy atom. The van der Waals surface area contributed by atoms with Gasteiger partial charge in [-0.1, -0.05) is 87.5 Å². The number of nitrogens with zero attached hydrogens (tertiary/aromatic N) is 5. The van der Waals surface area contributed by atoms with E-state index in [-0.39, 0.29) is 5.41 Å². The highest BCUT2D eigenvalue weighted by Crippen LogP contribution is 2.39. The van der Waals surface area contributed by atoms with Crippen LogP contribution in [-0.4, -0.2) is 23.7 Å². The van der Waals surface area contributed by atoms with Crippen LogP contribution in [0.25, 0.3) is 71.8 Å². The molecule has 6 heteroatoms. The number of benzene rings is 6. The summed E-state index contributed by atoms with van der Waals surface area (Å²) in [5.74, 6) is 2.37. The van der Waals surface area contributed by atoms with Gasteiger partial charge in [-0.25, -0.2) is 9.97 Å². The van der Waals surface area contributed by atoms with Gasteiger partial charge in [0.1, 0.15) is 23.6 Å². The minimum Gasteiger partial charge on any atom is -0.457 e. The summed E-state index contributed by atoms with van der Waals surface area (Å²) in [7, 11) is 0. The molecule has 0 bridgehead atoms. The first-order valence-corrected chi connectivity index (χ1v) is 18.5. The van der Waals surface area contributed by atoms with E-state index in [2.05, 4.69) is 175 Å². The molecule has 0 atom stereocenters. The quantitative estimate of drug-likeness (QED) is 0.179. The highest BCUT2D eigenvalue weighted by atomic mass is 16.5. The van der Waals surface area contributed by atoms with Crippen molar-refractivity contribution in [3.05, 3.63) is 163 Å². The van der Waals surface area contributed by atoms with Gasteiger partial charge in [-0.2, -0.15) is 0 Å². The number of aryl methyl sites for hydroxylation is 2. The van der Waals surface area contributed by atoms with E-state index >= 15 is 0 Å². The largest absolute Gasteiger partial charge is 0.457 e. The first-order valence-electron chi connectivity index (χ1n) is 18.5. The third-order valence-electron chi connectivity index (χ3n) is 10.8. The molecule has 54 heavy (non-hydrogen) atoms. The molecule has 0 saturated heterocycles. The van der Waals surface area contributed by atoms with Gasteiger partial charge in [-0.3, -0.25) is 9.13 Å². The fraction of sp³-hybridized carbons (Fsp3) is 0.125. The summed E-state index contributed by atoms with van der Waals surface area (Å²) < 4.78 is 13.6. The summed E-state index contributed by atoms with van der Waals surface area (Å²) in [6.45, 7) is 11.1. The highest BCUT2D eigenvalue weighted by Gasteiger charge is 2.20. The lowest BCUT2D eigenvalue weighted by Gasteiger charge is -2.22. The van der Waals surface area contributed by atoms with Crippen molar-refractivity contribution < 1.29 is 4.74 Å². The van der Waals surface area contributed by atoms with E-state index in [0.29, 0.717) is 0 Å². The standard InChI is InChI=1S/C48H39N5O/c1-30-12-10-15-39-40-16-11-13-31(2)47(40)52(46(30)39)33-22-23-49-45(27-33)53-42-18-8-6-14-37(42)38-21-20-35(28-44(38)53)54-36-25-32(48(3,4)5)24-34(26-36)51-29-50-41-17-7-9-19-43(41)51/h6-29H,1-5H3. The minimum absolute atomic E-state index is 0.0922. The van der Waals surface area contributed by atoms with Crippen molar-refractivity contribution in [2.75, 3.05) is 0 Å². The summed E-state index contributed by atoms with van der Waals surface area (Å²) >= 11 is 0. The van der Waals surface area contributed by atoms with Gasteiger partial charge in [0.15, 0.2) is 0 Å². The highest BCUT2D eigenvalue weighted by molar-refractivity contribution is 6.12. The van der Waals surface area contributed by atoms with Crippen LogP contribution in [0.3, 0.4) is 0 Å². The van der Waals surface area contributed by atoms with Crippen molar-refractivity contribution in [3.63, 3.8) is 0 Å². The van der Waals surface area contributed by atoms with Crippen molar-refractivity contribution in [3.8, 4) is 28.7 Å². The van der Waals surface area contributed by atoms with Gasteiger partial charge >= 0.3 is 0 Å². The van der Waals surface area contributed by atoms with Gasteiger partial charge in [-0.05, 0) is 84.5 Å². The zero-order valence-electron chi connectivity index (χ0n) is 31.0. The average Bonchev–Trinajstić information content (AvgIpc) is 3.86. The molecule has 262 valence electrons. The Morgan fingerprint density at radius 3 is 1.96 bits per heavy atom. The molecule has 0 spiro atoms. The number of fused-ring (bicyclic) bond motifs is 7. The van der Waals surface area contributed by atoms with Gasteiger partial charge in [0.25, 0.3) is 0 Å². The van der Waals surface area contributed by atoms with Crippen molar-refractivity contribution >= 4 is 54.6 Å². The molecular formula is C48H39N5O. The van der Waals surface area contributed by atoms with Gasteiger partial charge in [0.05, 0.1) is 44.5 Å². The van der Waals surface area contributed by atoms with Crippen LogP contribution in [0, 0.1) is 13.8 Å². The van der Waals surface area contributed by atoms with Gasteiger partial charge in [-0.15, -0.1) is 0 Å². The Hall–Kier alpha value is -6.66. The Kier molecular flexibility index (Phi) is 7.08. The second kappa shape index (κ2) is 11.9. The molecule has 0 aliphatic carbocycles. The van der Waals surface area contributed by atoms with Crippen molar-refractivity contribution in [2.45, 2.75) is 40.0 Å². The normalized spacial score (nSPS) is 12.2. The molecule has 0 aliphatic heterocycles. The van der Waals surface area contributed by atoms with Gasteiger partial charge in [0.2, 0.25) is 0 Å². The Labute approximate surface area is 313 Å². The maximum Gasteiger partial charge on any atom is 0.139 e. The predicted molar refractivity (Wildman–Crippen MR) is 222 cm³/mol. The van der Waals surface area contributed by atoms with Crippen LogP contribution >= 0.6 is 0 Å². The molecule has 0 N–H and O–H groups in total. The van der Waals surface area contributed by atoms with E-state index in [4.69, 9.17) is 9.72 Å². The summed E-state index contributed by atoms with van der Waals surface area (Å²) in [4.78, 5) is 9.68. The summed E-state index contributed by atoms with van der Waals surface area (Å²) in [5, 5.41) is 4.82. The molecule has 0 saturated carbocycles. The number of pyridine rings is 1. The monoisotopic (exact) mass is 701 g/mol. The molecule has 6 nitrogen and oxygen atoms in total. The minimum atomic E-state index is -0.0922. The van der Waals surface area contributed by atoms with E-state index in [1.807, 2.05) is 24.7 Å². The van der Waals surface area contributed by atoms with E-state index in [9.17, 15) is 0 Å². The first-order chi connectivity index (χ1) is 26.2. The van der Waals surface area contributed by atoms with Crippen LogP contribution in [0.15, 0.2) is 146 Å². The van der Waals surface area contributed by atoms with Crippen LogP contribution < -0.4 is 4.74 Å². The van der Waals surface area contributed by atoms with Crippen molar-refractivity contribution in [1.82, 2.24) is 23.7 Å². The zero-order chi connectivity index (χ0) is 36.7. The Bertz CT molecular complexity index is 3040. The van der Waals surface area contributed by atoms with Gasteiger partial charge in [0, 0.05) is 45.9 Å². The predicted octanol–water partition coefficient (Wildman–Crippen LogP) is 12.3. The number of para-hydroxylation sites is 5. The SMILES string of the molecule is Cc1cccc2c3cccc(C)c3n(-c3ccnc(-n4c5ccccc5c5ccc(Oc6cc(-n7cnc8ccccc87)cc(C(C)(C)C)c6)cc54)c3)c12. The van der Waals surface area contributed by atoms with Crippen LogP contribution in [0.1, 0.15) is 37.5 Å². The van der Waals surface area contributed by atoms with Crippen molar-refractivity contribution in [2.24, 2.45) is 0 Å². The Morgan fingerprint density at radius 2 is 1.20 bits per heavy atom. The second-order valence-corrected chi connectivity index (χ2v) is 15.4. The van der Waals surface area contributed by atoms with E-state index in [0.717, 1.165) is 56.1 Å². The molecule has 0 amide bonds. The summed E-state index contributed by atoms with van der Waals surface area (Å²) in [5.41, 5.74) is 12.2. The number of hydrogen-bond donors (Lipinski definition) is 0. The number of hydrogen-bond acceptors (Lipinski definition) is 3. The summed E-state index contributed by atoms with van der Waals surface area (Å²) in [6, 6.07) is 47.1. The van der Waals surface area contributed by atoms with E-state index in [1.54, 1.807) is 0 Å². The number of rotatable bonds is 5. The Balaban J connectivity index is 1.14. The molecular weight excluding hydrogens is 663 g/mol. The lowest BCUT2D eigenvalue weighted by atomic mass is 9.86. The lowest BCUT2D eigenvalue weighted by Crippen LogP contribution is -2.12. The molecule has 4 heterocycles. The van der Waals surface area contributed by atoms with Gasteiger partial charge < -0.3 is 9.30 Å². The van der Waals surface area contributed by atoms with Crippen LogP contribution in [-0.2, 0) is 5.41 Å². The maximum atomic E-state index is 6.79. The fourth-order valence-electron chi connectivity index (χ4n) is 8.16. The molecule has 10 aromatic rings. The van der Waals surface area contributed by atoms with Crippen LogP contribution in [0.5, 0.6) is 11.5 Å².